The number of ether oxygens (including phenoxy) is 1. The SMILES string of the molecule is CCCCNc1nc(-c2ccccc2)cc(C(=O)O)c1C(=O)OCC. The van der Waals surface area contributed by atoms with Gasteiger partial charge in [-0.2, -0.15) is 0 Å². The van der Waals surface area contributed by atoms with Gasteiger partial charge >= 0.3 is 11.9 Å². The molecule has 1 aromatic carbocycles. The van der Waals surface area contributed by atoms with Crippen LogP contribution in [0.15, 0.2) is 36.4 Å². The molecule has 0 aliphatic rings. The third-order valence-corrected chi connectivity index (χ3v) is 3.62. The van der Waals surface area contributed by atoms with Crippen LogP contribution in [0.5, 0.6) is 0 Å². The Hall–Kier alpha value is -2.89. The van der Waals surface area contributed by atoms with E-state index in [1.165, 1.54) is 6.07 Å². The molecule has 6 heteroatoms. The second-order valence-electron chi connectivity index (χ2n) is 5.45. The monoisotopic (exact) mass is 342 g/mol. The van der Waals surface area contributed by atoms with Gasteiger partial charge in [-0.3, -0.25) is 0 Å². The molecule has 0 aliphatic carbocycles. The fourth-order valence-corrected chi connectivity index (χ4v) is 2.39. The van der Waals surface area contributed by atoms with E-state index in [2.05, 4.69) is 10.3 Å². The number of rotatable bonds is 8. The highest BCUT2D eigenvalue weighted by molar-refractivity contribution is 6.06. The van der Waals surface area contributed by atoms with Gasteiger partial charge in [0, 0.05) is 12.1 Å². The van der Waals surface area contributed by atoms with Gasteiger partial charge < -0.3 is 15.2 Å². The Balaban J connectivity index is 2.58. The Labute approximate surface area is 146 Å². The third kappa shape index (κ3) is 4.56. The maximum Gasteiger partial charge on any atom is 0.342 e. The minimum absolute atomic E-state index is 0.0369. The first-order valence-corrected chi connectivity index (χ1v) is 8.33. The number of anilines is 1. The van der Waals surface area contributed by atoms with Crippen molar-refractivity contribution in [3.63, 3.8) is 0 Å². The number of esters is 1. The summed E-state index contributed by atoms with van der Waals surface area (Å²) in [7, 11) is 0. The normalized spacial score (nSPS) is 10.3. The molecular weight excluding hydrogens is 320 g/mol. The lowest BCUT2D eigenvalue weighted by molar-refractivity contribution is 0.0515. The van der Waals surface area contributed by atoms with Crippen LogP contribution in [0.4, 0.5) is 5.82 Å². The number of carboxylic acid groups (broad SMARTS) is 1. The first-order valence-electron chi connectivity index (χ1n) is 8.33. The van der Waals surface area contributed by atoms with Gasteiger partial charge in [0.2, 0.25) is 0 Å². The van der Waals surface area contributed by atoms with Crippen molar-refractivity contribution in [1.29, 1.82) is 0 Å². The number of carbonyl (C=O) groups excluding carboxylic acids is 1. The molecule has 0 spiro atoms. The van der Waals surface area contributed by atoms with E-state index in [1.54, 1.807) is 6.92 Å². The summed E-state index contributed by atoms with van der Waals surface area (Å²) in [5.41, 5.74) is 1.11. The molecule has 0 saturated heterocycles. The first-order chi connectivity index (χ1) is 12.1. The predicted molar refractivity (Wildman–Crippen MR) is 96.0 cm³/mol. The summed E-state index contributed by atoms with van der Waals surface area (Å²) in [6, 6.07) is 10.7. The fraction of sp³-hybridized carbons (Fsp3) is 0.316. The average Bonchev–Trinajstić information content (AvgIpc) is 2.62. The van der Waals surface area contributed by atoms with Crippen LogP contribution in [0.1, 0.15) is 47.4 Å². The van der Waals surface area contributed by atoms with Gasteiger partial charge in [0.1, 0.15) is 11.4 Å². The Morgan fingerprint density at radius 1 is 1.20 bits per heavy atom. The molecule has 0 bridgehead atoms. The molecule has 0 radical (unpaired) electrons. The van der Waals surface area contributed by atoms with Crippen molar-refractivity contribution in [2.75, 3.05) is 18.5 Å². The van der Waals surface area contributed by atoms with E-state index in [0.29, 0.717) is 12.2 Å². The number of nitrogens with one attached hydrogen (secondary N) is 1. The van der Waals surface area contributed by atoms with Gasteiger partial charge in [0.05, 0.1) is 17.9 Å². The maximum absolute atomic E-state index is 12.3. The number of nitrogens with zero attached hydrogens (tertiary/aromatic N) is 1. The molecule has 132 valence electrons. The van der Waals surface area contributed by atoms with Crippen molar-refractivity contribution in [2.45, 2.75) is 26.7 Å². The summed E-state index contributed by atoms with van der Waals surface area (Å²) < 4.78 is 5.03. The van der Waals surface area contributed by atoms with Crippen LogP contribution >= 0.6 is 0 Å². The van der Waals surface area contributed by atoms with Crippen molar-refractivity contribution in [2.24, 2.45) is 0 Å². The average molecular weight is 342 g/mol. The van der Waals surface area contributed by atoms with Gasteiger partial charge in [0.25, 0.3) is 0 Å². The van der Waals surface area contributed by atoms with Gasteiger partial charge in [0.15, 0.2) is 0 Å². The summed E-state index contributed by atoms with van der Waals surface area (Å²) in [5, 5.41) is 12.7. The lowest BCUT2D eigenvalue weighted by Crippen LogP contribution is -2.17. The summed E-state index contributed by atoms with van der Waals surface area (Å²) in [6.07, 6.45) is 1.84. The molecule has 0 amide bonds. The van der Waals surface area contributed by atoms with Crippen LogP contribution < -0.4 is 5.32 Å². The molecule has 1 aromatic heterocycles. The smallest absolute Gasteiger partial charge is 0.342 e. The molecule has 1 heterocycles. The second-order valence-corrected chi connectivity index (χ2v) is 5.45. The van der Waals surface area contributed by atoms with Crippen LogP contribution in [-0.4, -0.2) is 35.2 Å². The molecule has 25 heavy (non-hydrogen) atoms. The number of carbonyl (C=O) groups is 2. The van der Waals surface area contributed by atoms with E-state index in [0.717, 1.165) is 18.4 Å². The Morgan fingerprint density at radius 2 is 1.92 bits per heavy atom. The number of hydrogen-bond donors (Lipinski definition) is 2. The molecule has 0 aliphatic heterocycles. The molecular formula is C19H22N2O4. The van der Waals surface area contributed by atoms with E-state index in [1.807, 2.05) is 37.3 Å². The van der Waals surface area contributed by atoms with Crippen molar-refractivity contribution >= 4 is 17.8 Å². The zero-order valence-electron chi connectivity index (χ0n) is 14.4. The quantitative estimate of drug-likeness (QED) is 0.560. The van der Waals surface area contributed by atoms with Crippen molar-refractivity contribution in [1.82, 2.24) is 4.98 Å². The molecule has 2 rings (SSSR count). The van der Waals surface area contributed by atoms with Gasteiger partial charge in [-0.1, -0.05) is 43.7 Å². The third-order valence-electron chi connectivity index (χ3n) is 3.62. The Kier molecular flexibility index (Phi) is 6.51. The lowest BCUT2D eigenvalue weighted by Gasteiger charge is -2.15. The van der Waals surface area contributed by atoms with Crippen molar-refractivity contribution < 1.29 is 19.4 Å². The summed E-state index contributed by atoms with van der Waals surface area (Å²) >= 11 is 0. The number of carboxylic acids is 1. The number of unbranched alkanes of at least 4 members (excludes halogenated alkanes) is 1. The van der Waals surface area contributed by atoms with Crippen LogP contribution in [-0.2, 0) is 4.74 Å². The maximum atomic E-state index is 12.3. The molecule has 2 aromatic rings. The van der Waals surface area contributed by atoms with E-state index in [9.17, 15) is 14.7 Å². The van der Waals surface area contributed by atoms with Crippen LogP contribution in [0.25, 0.3) is 11.3 Å². The molecule has 0 fully saturated rings. The standard InChI is InChI=1S/C19H22N2O4/c1-3-5-11-20-17-16(19(24)25-4-2)14(18(22)23)12-15(21-17)13-9-7-6-8-10-13/h6-10,12H,3-5,11H2,1-2H3,(H,20,21)(H,22,23). The van der Waals surface area contributed by atoms with Crippen LogP contribution in [0.2, 0.25) is 0 Å². The Morgan fingerprint density at radius 3 is 2.52 bits per heavy atom. The van der Waals surface area contributed by atoms with Gasteiger partial charge in [-0.05, 0) is 19.4 Å². The summed E-state index contributed by atoms with van der Waals surface area (Å²) in [6.45, 7) is 4.47. The highest BCUT2D eigenvalue weighted by Crippen LogP contribution is 2.26. The van der Waals surface area contributed by atoms with E-state index in [4.69, 9.17) is 4.74 Å². The van der Waals surface area contributed by atoms with Crippen LogP contribution in [0.3, 0.4) is 0 Å². The molecule has 0 atom stereocenters. The second kappa shape index (κ2) is 8.82. The number of hydrogen-bond acceptors (Lipinski definition) is 5. The highest BCUT2D eigenvalue weighted by Gasteiger charge is 2.25. The minimum atomic E-state index is -1.19. The minimum Gasteiger partial charge on any atom is -0.478 e. The Bertz CT molecular complexity index is 745. The molecule has 0 saturated carbocycles. The van der Waals surface area contributed by atoms with Crippen molar-refractivity contribution in [3.8, 4) is 11.3 Å². The number of pyridine rings is 1. The largest absolute Gasteiger partial charge is 0.478 e. The highest BCUT2D eigenvalue weighted by atomic mass is 16.5. The molecule has 2 N–H and O–H groups in total. The molecule has 6 nitrogen and oxygen atoms in total. The lowest BCUT2D eigenvalue weighted by atomic mass is 10.0. The first kappa shape index (κ1) is 18.4. The number of aromatic nitrogens is 1. The molecule has 0 unspecified atom stereocenters. The fourth-order valence-electron chi connectivity index (χ4n) is 2.39. The zero-order chi connectivity index (χ0) is 18.2. The van der Waals surface area contributed by atoms with Gasteiger partial charge in [-0.15, -0.1) is 0 Å². The van der Waals surface area contributed by atoms with Gasteiger partial charge in [-0.25, -0.2) is 14.6 Å². The predicted octanol–water partition coefficient (Wildman–Crippen LogP) is 3.84. The topological polar surface area (TPSA) is 88.5 Å². The summed E-state index contributed by atoms with van der Waals surface area (Å²) in [4.78, 5) is 28.5. The van der Waals surface area contributed by atoms with Crippen molar-refractivity contribution in [3.05, 3.63) is 47.5 Å². The number of benzene rings is 1. The van der Waals surface area contributed by atoms with E-state index >= 15 is 0 Å². The zero-order valence-corrected chi connectivity index (χ0v) is 14.4. The van der Waals surface area contributed by atoms with E-state index < -0.39 is 11.9 Å². The van der Waals surface area contributed by atoms with E-state index in [-0.39, 0.29) is 23.6 Å². The summed E-state index contributed by atoms with van der Waals surface area (Å²) in [5.74, 6) is -1.64. The van der Waals surface area contributed by atoms with Crippen LogP contribution in [0, 0.1) is 0 Å². The number of aromatic carboxylic acids is 1.